The monoisotopic (exact) mass is 396 g/mol. The van der Waals surface area contributed by atoms with Crippen LogP contribution in [-0.4, -0.2) is 29.6 Å². The first-order valence-electron chi connectivity index (χ1n) is 9.38. The van der Waals surface area contributed by atoms with Crippen LogP contribution in [0.5, 0.6) is 0 Å². The van der Waals surface area contributed by atoms with Gasteiger partial charge in [-0.05, 0) is 6.07 Å². The molecule has 1 aliphatic rings. The molecular weight excluding hydrogens is 376 g/mol. The highest BCUT2D eigenvalue weighted by molar-refractivity contribution is 6.19. The molecule has 0 aromatic heterocycles. The Hall–Kier alpha value is -4.26. The predicted octanol–water partition coefficient (Wildman–Crippen LogP) is 2.52. The summed E-state index contributed by atoms with van der Waals surface area (Å²) in [6.45, 7) is 0. The standard InChI is InChI=1S/C23H20N6O/c24-20(16-11-5-2-6-12-16)28-23(25)29-21-22(30)26-18-14-8-7-13-17(18)19(27-21)15-9-3-1-4-10-15/h1-14,21H,(H,26,30)(H4,24,25,28,29). The van der Waals surface area contributed by atoms with Gasteiger partial charge in [-0.25, -0.2) is 9.98 Å². The third-order valence-electron chi connectivity index (χ3n) is 4.53. The molecule has 148 valence electrons. The zero-order valence-corrected chi connectivity index (χ0v) is 16.1. The lowest BCUT2D eigenvalue weighted by Crippen LogP contribution is -2.27. The van der Waals surface area contributed by atoms with Gasteiger partial charge in [-0.15, -0.1) is 0 Å². The molecule has 1 amide bonds. The fourth-order valence-electron chi connectivity index (χ4n) is 3.11. The number of aliphatic imine (C=N–C) groups is 3. The van der Waals surface area contributed by atoms with Gasteiger partial charge in [-0.3, -0.25) is 4.79 Å². The smallest absolute Gasteiger partial charge is 0.271 e. The van der Waals surface area contributed by atoms with Crippen molar-refractivity contribution in [3.8, 4) is 0 Å². The number of carbonyl (C=O) groups is 1. The Morgan fingerprint density at radius 3 is 2.23 bits per heavy atom. The van der Waals surface area contributed by atoms with E-state index >= 15 is 0 Å². The normalized spacial score (nSPS) is 16.9. The maximum Gasteiger partial charge on any atom is 0.271 e. The van der Waals surface area contributed by atoms with Crippen molar-refractivity contribution in [2.45, 2.75) is 6.17 Å². The first kappa shape index (κ1) is 19.1. The maximum atomic E-state index is 12.8. The zero-order valence-electron chi connectivity index (χ0n) is 16.1. The molecule has 5 N–H and O–H groups in total. The minimum atomic E-state index is -1.10. The second kappa shape index (κ2) is 8.40. The molecule has 4 rings (SSSR count). The number of hydrogen-bond acceptors (Lipinski definition) is 3. The quantitative estimate of drug-likeness (QED) is 0.466. The number of guanidine groups is 1. The third-order valence-corrected chi connectivity index (χ3v) is 4.53. The van der Waals surface area contributed by atoms with E-state index in [-0.39, 0.29) is 11.8 Å². The SMILES string of the molecule is NC(=NC1N=C(c2ccccc2)c2ccccc2NC1=O)N=C(N)c1ccccc1. The van der Waals surface area contributed by atoms with Gasteiger partial charge in [-0.1, -0.05) is 78.9 Å². The molecule has 0 fully saturated rings. The van der Waals surface area contributed by atoms with Crippen LogP contribution in [0.15, 0.2) is 99.9 Å². The first-order chi connectivity index (χ1) is 14.6. The number of hydrogen-bond donors (Lipinski definition) is 3. The van der Waals surface area contributed by atoms with Crippen molar-refractivity contribution < 1.29 is 4.79 Å². The van der Waals surface area contributed by atoms with Crippen molar-refractivity contribution in [1.29, 1.82) is 0 Å². The van der Waals surface area contributed by atoms with Crippen molar-refractivity contribution in [3.05, 3.63) is 102 Å². The topological polar surface area (TPSA) is 118 Å². The second-order valence-corrected chi connectivity index (χ2v) is 6.60. The number of amides is 1. The summed E-state index contributed by atoms with van der Waals surface area (Å²) >= 11 is 0. The summed E-state index contributed by atoms with van der Waals surface area (Å²) in [4.78, 5) is 25.8. The van der Waals surface area contributed by atoms with Crippen molar-refractivity contribution >= 4 is 29.1 Å². The summed E-state index contributed by atoms with van der Waals surface area (Å²) in [5, 5.41) is 2.87. The van der Waals surface area contributed by atoms with Crippen LogP contribution in [0.2, 0.25) is 0 Å². The molecule has 0 saturated carbocycles. The highest BCUT2D eigenvalue weighted by Crippen LogP contribution is 2.24. The van der Waals surface area contributed by atoms with E-state index in [0.717, 1.165) is 11.1 Å². The second-order valence-electron chi connectivity index (χ2n) is 6.60. The van der Waals surface area contributed by atoms with Gasteiger partial charge in [0.1, 0.15) is 5.84 Å². The molecule has 1 unspecified atom stereocenters. The van der Waals surface area contributed by atoms with Crippen LogP contribution >= 0.6 is 0 Å². The molecule has 0 radical (unpaired) electrons. The molecule has 0 spiro atoms. The molecule has 30 heavy (non-hydrogen) atoms. The Bertz CT molecular complexity index is 1150. The molecule has 1 atom stereocenters. The average Bonchev–Trinajstić information content (AvgIpc) is 2.91. The molecule has 1 aliphatic heterocycles. The maximum absolute atomic E-state index is 12.8. The number of benzodiazepines with no additional fused rings is 1. The van der Waals surface area contributed by atoms with E-state index in [4.69, 9.17) is 11.5 Å². The minimum absolute atomic E-state index is 0.126. The number of nitrogens with two attached hydrogens (primary N) is 2. The summed E-state index contributed by atoms with van der Waals surface area (Å²) < 4.78 is 0. The van der Waals surface area contributed by atoms with Crippen LogP contribution in [-0.2, 0) is 4.79 Å². The molecule has 0 saturated heterocycles. The lowest BCUT2D eigenvalue weighted by molar-refractivity contribution is -0.117. The number of nitrogens with one attached hydrogen (secondary N) is 1. The van der Waals surface area contributed by atoms with Gasteiger partial charge in [0.25, 0.3) is 5.91 Å². The van der Waals surface area contributed by atoms with E-state index in [1.165, 1.54) is 0 Å². The fraction of sp³-hybridized carbons (Fsp3) is 0.0435. The number of rotatable bonds is 3. The van der Waals surface area contributed by atoms with Crippen LogP contribution in [0.1, 0.15) is 16.7 Å². The highest BCUT2D eigenvalue weighted by Gasteiger charge is 2.25. The molecular formula is C23H20N6O. The van der Waals surface area contributed by atoms with Crippen LogP contribution in [0, 0.1) is 0 Å². The Morgan fingerprint density at radius 2 is 1.50 bits per heavy atom. The van der Waals surface area contributed by atoms with Gasteiger partial charge in [0.15, 0.2) is 0 Å². The van der Waals surface area contributed by atoms with Crippen molar-refractivity contribution in [2.75, 3.05) is 5.32 Å². The van der Waals surface area contributed by atoms with Gasteiger partial charge >= 0.3 is 0 Å². The summed E-state index contributed by atoms with van der Waals surface area (Å²) in [7, 11) is 0. The largest absolute Gasteiger partial charge is 0.383 e. The number of nitrogens with zero attached hydrogens (tertiary/aromatic N) is 3. The number of carbonyl (C=O) groups excluding carboxylic acids is 1. The van der Waals surface area contributed by atoms with Crippen LogP contribution in [0.25, 0.3) is 0 Å². The summed E-state index contributed by atoms with van der Waals surface area (Å²) in [5.41, 5.74) is 15.7. The summed E-state index contributed by atoms with van der Waals surface area (Å²) in [6, 6.07) is 26.3. The van der Waals surface area contributed by atoms with Crippen LogP contribution in [0.3, 0.4) is 0 Å². The number of fused-ring (bicyclic) bond motifs is 1. The number of para-hydroxylation sites is 1. The predicted molar refractivity (Wildman–Crippen MR) is 120 cm³/mol. The molecule has 7 nitrogen and oxygen atoms in total. The Morgan fingerprint density at radius 1 is 0.867 bits per heavy atom. The molecule has 7 heteroatoms. The summed E-state index contributed by atoms with van der Waals surface area (Å²) in [6.07, 6.45) is -1.10. The van der Waals surface area contributed by atoms with Gasteiger partial charge < -0.3 is 16.8 Å². The van der Waals surface area contributed by atoms with Crippen molar-refractivity contribution in [2.24, 2.45) is 26.4 Å². The lowest BCUT2D eigenvalue weighted by atomic mass is 10.0. The van der Waals surface area contributed by atoms with Crippen molar-refractivity contribution in [1.82, 2.24) is 0 Å². The van der Waals surface area contributed by atoms with E-state index in [1.54, 1.807) is 0 Å². The van der Waals surface area contributed by atoms with E-state index in [0.29, 0.717) is 17.0 Å². The molecule has 1 heterocycles. The average molecular weight is 396 g/mol. The third kappa shape index (κ3) is 4.10. The van der Waals surface area contributed by atoms with Crippen LogP contribution < -0.4 is 16.8 Å². The van der Waals surface area contributed by atoms with E-state index in [1.807, 2.05) is 84.9 Å². The highest BCUT2D eigenvalue weighted by atomic mass is 16.2. The van der Waals surface area contributed by atoms with E-state index in [9.17, 15) is 4.79 Å². The summed E-state index contributed by atoms with van der Waals surface area (Å²) in [5.74, 6) is -0.315. The number of benzene rings is 3. The molecule has 3 aromatic carbocycles. The first-order valence-corrected chi connectivity index (χ1v) is 9.38. The number of amidine groups is 1. The molecule has 0 aliphatic carbocycles. The van der Waals surface area contributed by atoms with Crippen molar-refractivity contribution in [3.63, 3.8) is 0 Å². The van der Waals surface area contributed by atoms with Gasteiger partial charge in [0.05, 0.1) is 11.4 Å². The van der Waals surface area contributed by atoms with Crippen LogP contribution in [0.4, 0.5) is 5.69 Å². The van der Waals surface area contributed by atoms with E-state index < -0.39 is 12.1 Å². The zero-order chi connectivity index (χ0) is 20.9. The fourth-order valence-corrected chi connectivity index (χ4v) is 3.11. The Balaban J connectivity index is 1.74. The minimum Gasteiger partial charge on any atom is -0.383 e. The Labute approximate surface area is 173 Å². The Kier molecular flexibility index (Phi) is 5.34. The number of anilines is 1. The van der Waals surface area contributed by atoms with Gasteiger partial charge in [0.2, 0.25) is 12.1 Å². The lowest BCUT2D eigenvalue weighted by Gasteiger charge is -2.09. The molecule has 3 aromatic rings. The van der Waals surface area contributed by atoms with Gasteiger partial charge in [-0.2, -0.15) is 4.99 Å². The van der Waals surface area contributed by atoms with E-state index in [2.05, 4.69) is 20.3 Å². The molecule has 0 bridgehead atoms. The van der Waals surface area contributed by atoms with Gasteiger partial charge in [0, 0.05) is 16.7 Å².